The quantitative estimate of drug-likeness (QED) is 0.491. The van der Waals surface area contributed by atoms with Crippen molar-refractivity contribution in [2.45, 2.75) is 12.8 Å². The van der Waals surface area contributed by atoms with Gasteiger partial charge in [-0.2, -0.15) is 10.1 Å². The second-order valence-electron chi connectivity index (χ2n) is 6.29. The molecular weight excluding hydrogens is 360 g/mol. The number of hydrogen-bond donors (Lipinski definition) is 1. The van der Waals surface area contributed by atoms with Gasteiger partial charge in [0.15, 0.2) is 0 Å². The number of imide groups is 1. The number of carbonyl (C=O) groups is 2. The first-order valence-corrected chi connectivity index (χ1v) is 8.44. The molecule has 23 heavy (non-hydrogen) atoms. The van der Waals surface area contributed by atoms with Crippen molar-refractivity contribution < 1.29 is 14.7 Å². The average molecular weight is 375 g/mol. The molecule has 2 fully saturated rings. The van der Waals surface area contributed by atoms with E-state index in [1.807, 2.05) is 0 Å². The summed E-state index contributed by atoms with van der Waals surface area (Å²) in [6.45, 7) is 0. The molecule has 2 amide bonds. The Morgan fingerprint density at radius 2 is 1.74 bits per heavy atom. The van der Waals surface area contributed by atoms with Gasteiger partial charge in [-0.1, -0.05) is 12.2 Å². The summed E-state index contributed by atoms with van der Waals surface area (Å²) < 4.78 is 0.538. The first-order chi connectivity index (χ1) is 11.1. The second-order valence-corrected chi connectivity index (χ2v) is 7.14. The van der Waals surface area contributed by atoms with E-state index in [1.54, 1.807) is 12.1 Å². The van der Waals surface area contributed by atoms with E-state index < -0.39 is 0 Å². The molecule has 5 nitrogen and oxygen atoms in total. The fourth-order valence-electron chi connectivity index (χ4n) is 3.90. The molecule has 1 saturated heterocycles. The Morgan fingerprint density at radius 1 is 1.13 bits per heavy atom. The van der Waals surface area contributed by atoms with Crippen LogP contribution in [0.1, 0.15) is 18.4 Å². The predicted octanol–water partition coefficient (Wildman–Crippen LogP) is 2.69. The van der Waals surface area contributed by atoms with Crippen LogP contribution >= 0.6 is 15.9 Å². The molecule has 0 radical (unpaired) electrons. The summed E-state index contributed by atoms with van der Waals surface area (Å²) in [5, 5.41) is 14.7. The summed E-state index contributed by atoms with van der Waals surface area (Å²) in [6, 6.07) is 4.89. The SMILES string of the molecule is O=C1[C@@H]2[C@@H](C(=O)N1/N=C\c1ccc(O)c(Br)c1)[C@H]1C=C[C@H]2CC1. The summed E-state index contributed by atoms with van der Waals surface area (Å²) in [6.07, 6.45) is 7.61. The number of allylic oxidation sites excluding steroid dienone is 2. The highest BCUT2D eigenvalue weighted by Crippen LogP contribution is 2.49. The lowest BCUT2D eigenvalue weighted by atomic mass is 9.63. The summed E-state index contributed by atoms with van der Waals surface area (Å²) in [5.41, 5.74) is 0.700. The van der Waals surface area contributed by atoms with E-state index in [0.29, 0.717) is 10.0 Å². The van der Waals surface area contributed by atoms with Crippen molar-refractivity contribution >= 4 is 34.0 Å². The van der Waals surface area contributed by atoms with Gasteiger partial charge in [-0.05, 0) is 64.4 Å². The van der Waals surface area contributed by atoms with E-state index >= 15 is 0 Å². The monoisotopic (exact) mass is 374 g/mol. The molecule has 3 aliphatic carbocycles. The van der Waals surface area contributed by atoms with Gasteiger partial charge in [-0.25, -0.2) is 0 Å². The Balaban J connectivity index is 1.60. The Morgan fingerprint density at radius 3 is 2.26 bits per heavy atom. The molecule has 0 spiro atoms. The number of hydrazone groups is 1. The minimum atomic E-state index is -0.241. The van der Waals surface area contributed by atoms with Crippen LogP contribution in [0.3, 0.4) is 0 Å². The first kappa shape index (κ1) is 14.6. The number of fused-ring (bicyclic) bond motifs is 1. The Hall–Kier alpha value is -1.95. The van der Waals surface area contributed by atoms with Crippen molar-refractivity contribution in [3.05, 3.63) is 40.4 Å². The third kappa shape index (κ3) is 2.24. The number of hydrogen-bond acceptors (Lipinski definition) is 4. The standard InChI is InChI=1S/C17H15BrN2O3/c18-12-7-9(1-6-13(12)21)8-19-20-16(22)14-10-2-3-11(5-4-10)15(14)17(20)23/h1-3,6-8,10-11,14-15,21H,4-5H2/b19-8-/t10-,11-,14-,15-/m0/s1. The van der Waals surface area contributed by atoms with Gasteiger partial charge >= 0.3 is 0 Å². The van der Waals surface area contributed by atoms with Crippen LogP contribution in [0.4, 0.5) is 0 Å². The van der Waals surface area contributed by atoms with Crippen LogP contribution in [-0.4, -0.2) is 28.1 Å². The lowest BCUT2D eigenvalue weighted by Crippen LogP contribution is -2.38. The molecule has 5 rings (SSSR count). The molecule has 6 heteroatoms. The smallest absolute Gasteiger partial charge is 0.254 e. The fourth-order valence-corrected chi connectivity index (χ4v) is 4.30. The van der Waals surface area contributed by atoms with Gasteiger partial charge in [0.2, 0.25) is 0 Å². The molecule has 1 aromatic carbocycles. The molecule has 4 atom stereocenters. The van der Waals surface area contributed by atoms with Gasteiger partial charge in [-0.3, -0.25) is 9.59 Å². The van der Waals surface area contributed by atoms with Crippen molar-refractivity contribution in [3.8, 4) is 5.75 Å². The van der Waals surface area contributed by atoms with E-state index in [1.165, 1.54) is 12.3 Å². The van der Waals surface area contributed by atoms with Crippen LogP contribution in [0, 0.1) is 23.7 Å². The highest BCUT2D eigenvalue weighted by atomic mass is 79.9. The highest BCUT2D eigenvalue weighted by molar-refractivity contribution is 9.10. The lowest BCUT2D eigenvalue weighted by Gasteiger charge is -2.37. The van der Waals surface area contributed by atoms with Crippen LogP contribution in [0.2, 0.25) is 0 Å². The topological polar surface area (TPSA) is 70.0 Å². The number of phenolic OH excluding ortho intramolecular Hbond substituents is 1. The molecule has 1 heterocycles. The van der Waals surface area contributed by atoms with Crippen LogP contribution < -0.4 is 0 Å². The van der Waals surface area contributed by atoms with Crippen LogP contribution in [-0.2, 0) is 9.59 Å². The van der Waals surface area contributed by atoms with E-state index in [2.05, 4.69) is 33.2 Å². The van der Waals surface area contributed by atoms with E-state index in [-0.39, 0.29) is 41.2 Å². The van der Waals surface area contributed by atoms with Crippen LogP contribution in [0.15, 0.2) is 39.9 Å². The Labute approximate surface area is 141 Å². The van der Waals surface area contributed by atoms with Gasteiger partial charge in [0, 0.05) is 0 Å². The van der Waals surface area contributed by atoms with Crippen LogP contribution in [0.25, 0.3) is 0 Å². The third-order valence-corrected chi connectivity index (χ3v) is 5.67. The van der Waals surface area contributed by atoms with Gasteiger partial charge in [0.05, 0.1) is 22.5 Å². The Kier molecular flexibility index (Phi) is 3.37. The zero-order chi connectivity index (χ0) is 16.1. The summed E-state index contributed by atoms with van der Waals surface area (Å²) in [7, 11) is 0. The number of carbonyl (C=O) groups excluding carboxylic acids is 2. The number of phenols is 1. The number of benzene rings is 1. The minimum Gasteiger partial charge on any atom is -0.507 e. The van der Waals surface area contributed by atoms with Crippen molar-refractivity contribution in [2.75, 3.05) is 0 Å². The predicted molar refractivity (Wildman–Crippen MR) is 87.6 cm³/mol. The fraction of sp³-hybridized carbons (Fsp3) is 0.353. The number of rotatable bonds is 2. The molecule has 118 valence electrons. The van der Waals surface area contributed by atoms with Crippen molar-refractivity contribution in [1.82, 2.24) is 5.01 Å². The zero-order valence-corrected chi connectivity index (χ0v) is 13.8. The van der Waals surface area contributed by atoms with Crippen molar-refractivity contribution in [2.24, 2.45) is 28.8 Å². The van der Waals surface area contributed by atoms with Crippen molar-refractivity contribution in [1.29, 1.82) is 0 Å². The Bertz CT molecular complexity index is 726. The molecule has 0 aromatic heterocycles. The van der Waals surface area contributed by atoms with E-state index in [0.717, 1.165) is 17.9 Å². The summed E-state index contributed by atoms with van der Waals surface area (Å²) >= 11 is 3.23. The third-order valence-electron chi connectivity index (χ3n) is 5.03. The number of nitrogens with zero attached hydrogens (tertiary/aromatic N) is 2. The lowest BCUT2D eigenvalue weighted by molar-refractivity contribution is -0.140. The molecular formula is C17H15BrN2O3. The maximum absolute atomic E-state index is 12.6. The number of aromatic hydroxyl groups is 1. The first-order valence-electron chi connectivity index (χ1n) is 7.65. The maximum Gasteiger partial charge on any atom is 0.254 e. The number of amides is 2. The highest BCUT2D eigenvalue weighted by Gasteiger charge is 2.56. The van der Waals surface area contributed by atoms with E-state index in [4.69, 9.17) is 0 Å². The second kappa shape index (κ2) is 5.30. The zero-order valence-electron chi connectivity index (χ0n) is 12.2. The number of halogens is 1. The van der Waals surface area contributed by atoms with Gasteiger partial charge in [0.1, 0.15) is 5.75 Å². The summed E-state index contributed by atoms with van der Waals surface area (Å²) in [5.74, 6) is -0.385. The normalized spacial score (nSPS) is 32.1. The van der Waals surface area contributed by atoms with Crippen molar-refractivity contribution in [3.63, 3.8) is 0 Å². The molecule has 1 aliphatic heterocycles. The van der Waals surface area contributed by atoms with E-state index in [9.17, 15) is 14.7 Å². The van der Waals surface area contributed by atoms with Crippen LogP contribution in [0.5, 0.6) is 5.75 Å². The molecule has 1 aromatic rings. The maximum atomic E-state index is 12.6. The minimum absolute atomic E-state index is 0.129. The van der Waals surface area contributed by atoms with Gasteiger partial charge in [0.25, 0.3) is 11.8 Å². The molecule has 1 N–H and O–H groups in total. The largest absolute Gasteiger partial charge is 0.507 e. The molecule has 1 saturated carbocycles. The average Bonchev–Trinajstić information content (AvgIpc) is 2.83. The molecule has 0 unspecified atom stereocenters. The molecule has 2 bridgehead atoms. The molecule has 4 aliphatic rings. The van der Waals surface area contributed by atoms with Gasteiger partial charge in [-0.15, -0.1) is 0 Å². The van der Waals surface area contributed by atoms with Gasteiger partial charge < -0.3 is 5.11 Å². The summed E-state index contributed by atoms with van der Waals surface area (Å²) in [4.78, 5) is 25.2.